The Kier molecular flexibility index (Phi) is 6.34. The summed E-state index contributed by atoms with van der Waals surface area (Å²) in [4.78, 5) is 25.3. The van der Waals surface area contributed by atoms with Gasteiger partial charge in [0.15, 0.2) is 12.4 Å². The minimum absolute atomic E-state index is 0.000276. The zero-order chi connectivity index (χ0) is 17.7. The average Bonchev–Trinajstić information content (AvgIpc) is 2.92. The van der Waals surface area contributed by atoms with Gasteiger partial charge >= 0.3 is 0 Å². The van der Waals surface area contributed by atoms with Crippen LogP contribution in [0.3, 0.4) is 0 Å². The highest BCUT2D eigenvalue weighted by Gasteiger charge is 2.35. The third-order valence-electron chi connectivity index (χ3n) is 3.90. The molecule has 0 bridgehead atoms. The maximum absolute atomic E-state index is 12.2. The molecule has 1 aliphatic rings. The van der Waals surface area contributed by atoms with E-state index in [9.17, 15) is 14.7 Å². The van der Waals surface area contributed by atoms with E-state index in [0.29, 0.717) is 24.3 Å². The van der Waals surface area contributed by atoms with Gasteiger partial charge in [-0.2, -0.15) is 0 Å². The van der Waals surface area contributed by atoms with E-state index >= 15 is 0 Å². The van der Waals surface area contributed by atoms with Crippen molar-refractivity contribution in [3.63, 3.8) is 0 Å². The van der Waals surface area contributed by atoms with Gasteiger partial charge in [0.05, 0.1) is 12.2 Å². The van der Waals surface area contributed by atoms with Gasteiger partial charge in [-0.05, 0) is 38.1 Å². The molecule has 1 aromatic rings. The Bertz CT molecular complexity index is 569. The monoisotopic (exact) mass is 335 g/mol. The van der Waals surface area contributed by atoms with Crippen molar-refractivity contribution in [2.75, 3.05) is 19.7 Å². The Balaban J connectivity index is 1.84. The summed E-state index contributed by atoms with van der Waals surface area (Å²) in [7, 11) is 0. The number of hydrogen-bond acceptors (Lipinski definition) is 5. The van der Waals surface area contributed by atoms with Crippen LogP contribution in [0.15, 0.2) is 24.3 Å². The number of benzene rings is 1. The Morgan fingerprint density at radius 1 is 1.25 bits per heavy atom. The molecule has 0 aliphatic carbocycles. The van der Waals surface area contributed by atoms with Gasteiger partial charge < -0.3 is 19.5 Å². The quantitative estimate of drug-likeness (QED) is 0.767. The number of carbonyl (C=O) groups excluding carboxylic acids is 2. The van der Waals surface area contributed by atoms with Crippen LogP contribution in [-0.4, -0.2) is 59.7 Å². The number of amides is 1. The van der Waals surface area contributed by atoms with Gasteiger partial charge in [-0.15, -0.1) is 0 Å². The van der Waals surface area contributed by atoms with Crippen molar-refractivity contribution in [2.45, 2.75) is 45.5 Å². The minimum Gasteiger partial charge on any atom is -0.484 e. The minimum atomic E-state index is -0.671. The van der Waals surface area contributed by atoms with Crippen molar-refractivity contribution in [1.82, 2.24) is 4.90 Å². The molecule has 6 nitrogen and oxygen atoms in total. The molecule has 0 radical (unpaired) electrons. The van der Waals surface area contributed by atoms with Crippen LogP contribution < -0.4 is 4.74 Å². The molecule has 0 unspecified atom stereocenters. The van der Waals surface area contributed by atoms with Gasteiger partial charge in [-0.25, -0.2) is 0 Å². The molecule has 1 saturated heterocycles. The third kappa shape index (κ3) is 4.79. The van der Waals surface area contributed by atoms with Gasteiger partial charge in [0, 0.05) is 25.1 Å². The molecule has 1 aromatic carbocycles. The van der Waals surface area contributed by atoms with Crippen molar-refractivity contribution in [3.05, 3.63) is 29.8 Å². The molecule has 1 N–H and O–H groups in total. The maximum Gasteiger partial charge on any atom is 0.260 e. The predicted molar refractivity (Wildman–Crippen MR) is 89.2 cm³/mol. The van der Waals surface area contributed by atoms with Gasteiger partial charge in [0.1, 0.15) is 11.9 Å². The molecule has 1 heterocycles. The molecule has 0 saturated carbocycles. The van der Waals surface area contributed by atoms with Crippen molar-refractivity contribution >= 4 is 11.7 Å². The van der Waals surface area contributed by atoms with Gasteiger partial charge in [0.25, 0.3) is 5.91 Å². The van der Waals surface area contributed by atoms with Crippen LogP contribution in [0, 0.1) is 0 Å². The average molecular weight is 335 g/mol. The first-order chi connectivity index (χ1) is 11.4. The van der Waals surface area contributed by atoms with Crippen molar-refractivity contribution < 1.29 is 24.2 Å². The molecule has 6 heteroatoms. The SMILES string of the molecule is CCC(=O)c1ccc(OCC(=O)N2C[C@H](OC(C)C)[C@@H](O)C2)cc1. The Labute approximate surface area is 142 Å². The maximum atomic E-state index is 12.2. The fourth-order valence-electron chi connectivity index (χ4n) is 2.62. The lowest BCUT2D eigenvalue weighted by Crippen LogP contribution is -2.34. The van der Waals surface area contributed by atoms with Crippen LogP contribution in [0.4, 0.5) is 0 Å². The van der Waals surface area contributed by atoms with Crippen LogP contribution in [0.25, 0.3) is 0 Å². The van der Waals surface area contributed by atoms with Crippen molar-refractivity contribution in [1.29, 1.82) is 0 Å². The number of nitrogens with zero attached hydrogens (tertiary/aromatic N) is 1. The molecule has 24 heavy (non-hydrogen) atoms. The summed E-state index contributed by atoms with van der Waals surface area (Å²) >= 11 is 0. The van der Waals surface area contributed by atoms with Crippen molar-refractivity contribution in [2.24, 2.45) is 0 Å². The molecular weight excluding hydrogens is 310 g/mol. The van der Waals surface area contributed by atoms with E-state index in [4.69, 9.17) is 9.47 Å². The molecule has 1 amide bonds. The highest BCUT2D eigenvalue weighted by molar-refractivity contribution is 5.95. The predicted octanol–water partition coefficient (Wildman–Crippen LogP) is 1.65. The van der Waals surface area contributed by atoms with Crippen LogP contribution in [-0.2, 0) is 9.53 Å². The Morgan fingerprint density at radius 2 is 1.92 bits per heavy atom. The smallest absolute Gasteiger partial charge is 0.260 e. The van der Waals surface area contributed by atoms with E-state index in [2.05, 4.69) is 0 Å². The Hall–Kier alpha value is -1.92. The van der Waals surface area contributed by atoms with Crippen LogP contribution in [0.5, 0.6) is 5.75 Å². The standard InChI is InChI=1S/C18H25NO5/c1-4-15(20)13-5-7-14(8-6-13)23-11-18(22)19-9-16(21)17(10-19)24-12(2)3/h5-8,12,16-17,21H,4,9-11H2,1-3H3/t16-,17-/m0/s1. The summed E-state index contributed by atoms with van der Waals surface area (Å²) in [5.74, 6) is 0.406. The first-order valence-electron chi connectivity index (χ1n) is 8.28. The number of aliphatic hydroxyl groups excluding tert-OH is 1. The second-order valence-electron chi connectivity index (χ2n) is 6.18. The van der Waals surface area contributed by atoms with E-state index < -0.39 is 6.10 Å². The second-order valence-corrected chi connectivity index (χ2v) is 6.18. The van der Waals surface area contributed by atoms with Gasteiger partial charge in [-0.1, -0.05) is 6.92 Å². The fraction of sp³-hybridized carbons (Fsp3) is 0.556. The van der Waals surface area contributed by atoms with E-state index in [-0.39, 0.29) is 37.0 Å². The molecule has 2 atom stereocenters. The number of β-amino-alcohol motifs (C(OH)–C–C–N with tert-alkyl or cyclic N) is 1. The van der Waals surface area contributed by atoms with Gasteiger partial charge in [-0.3, -0.25) is 9.59 Å². The summed E-state index contributed by atoms with van der Waals surface area (Å²) in [6.45, 7) is 6.11. The second kappa shape index (κ2) is 8.26. The van der Waals surface area contributed by atoms with E-state index in [0.717, 1.165) is 0 Å². The zero-order valence-electron chi connectivity index (χ0n) is 14.4. The normalized spacial score (nSPS) is 20.5. The molecule has 1 aliphatic heterocycles. The first-order valence-corrected chi connectivity index (χ1v) is 8.28. The number of hydrogen-bond donors (Lipinski definition) is 1. The highest BCUT2D eigenvalue weighted by atomic mass is 16.5. The van der Waals surface area contributed by atoms with Crippen LogP contribution >= 0.6 is 0 Å². The van der Waals surface area contributed by atoms with Crippen LogP contribution in [0.2, 0.25) is 0 Å². The summed E-state index contributed by atoms with van der Waals surface area (Å²) in [5.41, 5.74) is 0.632. The number of Topliss-reactive ketones (excluding diaryl/α,β-unsaturated/α-hetero) is 1. The number of likely N-dealkylation sites (tertiary alicyclic amines) is 1. The lowest BCUT2D eigenvalue weighted by molar-refractivity contribution is -0.133. The number of aliphatic hydroxyl groups is 1. The molecule has 132 valence electrons. The number of rotatable bonds is 7. The summed E-state index contributed by atoms with van der Waals surface area (Å²) < 4.78 is 11.1. The summed E-state index contributed by atoms with van der Waals surface area (Å²) in [6.07, 6.45) is -0.570. The molecule has 1 fully saturated rings. The third-order valence-corrected chi connectivity index (χ3v) is 3.90. The zero-order valence-corrected chi connectivity index (χ0v) is 14.4. The summed E-state index contributed by atoms with van der Waals surface area (Å²) in [5, 5.41) is 9.96. The number of ether oxygens (including phenoxy) is 2. The molecule has 2 rings (SSSR count). The number of ketones is 1. The lowest BCUT2D eigenvalue weighted by atomic mass is 10.1. The van der Waals surface area contributed by atoms with Crippen LogP contribution in [0.1, 0.15) is 37.6 Å². The van der Waals surface area contributed by atoms with Crippen molar-refractivity contribution in [3.8, 4) is 5.75 Å². The molecular formula is C18H25NO5. The first kappa shape index (κ1) is 18.4. The summed E-state index contributed by atoms with van der Waals surface area (Å²) in [6, 6.07) is 6.74. The Morgan fingerprint density at radius 3 is 2.50 bits per heavy atom. The lowest BCUT2D eigenvalue weighted by Gasteiger charge is -2.18. The van der Waals surface area contributed by atoms with E-state index in [1.165, 1.54) is 0 Å². The molecule has 0 spiro atoms. The highest BCUT2D eigenvalue weighted by Crippen LogP contribution is 2.17. The molecule has 0 aromatic heterocycles. The van der Waals surface area contributed by atoms with E-state index in [1.807, 2.05) is 20.8 Å². The van der Waals surface area contributed by atoms with Gasteiger partial charge in [0.2, 0.25) is 0 Å². The number of carbonyl (C=O) groups is 2. The fourth-order valence-corrected chi connectivity index (χ4v) is 2.62. The largest absolute Gasteiger partial charge is 0.484 e. The topological polar surface area (TPSA) is 76.1 Å². The van der Waals surface area contributed by atoms with E-state index in [1.54, 1.807) is 29.2 Å².